The van der Waals surface area contributed by atoms with Crippen LogP contribution in [0.4, 0.5) is 17.1 Å². The van der Waals surface area contributed by atoms with Crippen molar-refractivity contribution in [1.29, 1.82) is 0 Å². The van der Waals surface area contributed by atoms with E-state index in [4.69, 9.17) is 4.42 Å². The molecule has 1 aliphatic carbocycles. The van der Waals surface area contributed by atoms with E-state index >= 15 is 0 Å². The van der Waals surface area contributed by atoms with Gasteiger partial charge in [-0.2, -0.15) is 0 Å². The van der Waals surface area contributed by atoms with Gasteiger partial charge in [-0.1, -0.05) is 92.1 Å². The number of hydrogen-bond donors (Lipinski definition) is 0. The maximum atomic E-state index is 6.18. The highest BCUT2D eigenvalue weighted by molar-refractivity contribution is 7.17. The zero-order valence-electron chi connectivity index (χ0n) is 25.9. The maximum absolute atomic E-state index is 6.18. The van der Waals surface area contributed by atoms with Gasteiger partial charge in [-0.05, 0) is 114 Å². The Kier molecular flexibility index (Phi) is 8.24. The molecule has 0 unspecified atom stereocenters. The lowest BCUT2D eigenvalue weighted by Gasteiger charge is -2.26. The van der Waals surface area contributed by atoms with Crippen LogP contribution in [0.2, 0.25) is 0 Å². The summed E-state index contributed by atoms with van der Waals surface area (Å²) in [5, 5.41) is 4.57. The van der Waals surface area contributed by atoms with Crippen molar-refractivity contribution >= 4 is 67.2 Å². The molecule has 7 rings (SSSR count). The molecule has 0 fully saturated rings. The van der Waals surface area contributed by atoms with E-state index < -0.39 is 0 Å². The fraction of sp³-hybridized carbons (Fsp3) is 0.0698. The highest BCUT2D eigenvalue weighted by atomic mass is 32.1. The second-order valence-corrected chi connectivity index (χ2v) is 12.3. The fourth-order valence-electron chi connectivity index (χ4n) is 6.09. The van der Waals surface area contributed by atoms with Crippen molar-refractivity contribution in [1.82, 2.24) is 0 Å². The highest BCUT2D eigenvalue weighted by Gasteiger charge is 2.17. The molecule has 2 heterocycles. The Labute approximate surface area is 274 Å². The molecular formula is C43H35NOS. The first kappa shape index (κ1) is 29.3. The summed E-state index contributed by atoms with van der Waals surface area (Å²) in [6, 6.07) is 31.0. The number of rotatable bonds is 9. The lowest BCUT2D eigenvalue weighted by molar-refractivity contribution is 0.601. The molecule has 0 spiro atoms. The standard InChI is InChI=1S/C43H35NOS/c1-4-6-11-35-29-46-43-26-19-34(27-40(35)43)33-17-22-37(23-18-33)44(36-20-15-32(16-21-36)31-12-9-8-10-13-31)38-24-25-42-39(28-38)30(3)41(45-42)14-7-5-2/h4-7,9,11-29H,1-2,8,10H2,3H3/b11-6-,14-7-. The first-order valence-corrected chi connectivity index (χ1v) is 16.5. The van der Waals surface area contributed by atoms with Crippen molar-refractivity contribution < 1.29 is 4.42 Å². The molecule has 4 aromatic carbocycles. The minimum absolute atomic E-state index is 0.854. The number of hydrogen-bond acceptors (Lipinski definition) is 3. The van der Waals surface area contributed by atoms with Crippen LogP contribution in [0.1, 0.15) is 35.3 Å². The third kappa shape index (κ3) is 5.74. The Morgan fingerprint density at radius 1 is 0.717 bits per heavy atom. The number of anilines is 3. The molecule has 0 bridgehead atoms. The summed E-state index contributed by atoms with van der Waals surface area (Å²) < 4.78 is 7.46. The Morgan fingerprint density at radius 3 is 2.13 bits per heavy atom. The van der Waals surface area contributed by atoms with Crippen LogP contribution in [0.3, 0.4) is 0 Å². The van der Waals surface area contributed by atoms with E-state index in [9.17, 15) is 0 Å². The van der Waals surface area contributed by atoms with E-state index in [1.807, 2.05) is 24.3 Å². The van der Waals surface area contributed by atoms with Crippen LogP contribution in [0.25, 0.3) is 49.9 Å². The quantitative estimate of drug-likeness (QED) is 0.151. The topological polar surface area (TPSA) is 16.4 Å². The van der Waals surface area contributed by atoms with E-state index in [-0.39, 0.29) is 0 Å². The molecule has 0 saturated heterocycles. The largest absolute Gasteiger partial charge is 0.456 e. The fourth-order valence-corrected chi connectivity index (χ4v) is 7.00. The summed E-state index contributed by atoms with van der Waals surface area (Å²) in [5.41, 5.74) is 11.4. The first-order valence-electron chi connectivity index (χ1n) is 15.6. The van der Waals surface area contributed by atoms with Gasteiger partial charge in [0.25, 0.3) is 0 Å². The van der Waals surface area contributed by atoms with Gasteiger partial charge in [0, 0.05) is 38.1 Å². The summed E-state index contributed by atoms with van der Waals surface area (Å²) in [5.74, 6) is 0.854. The summed E-state index contributed by atoms with van der Waals surface area (Å²) in [4.78, 5) is 2.32. The predicted molar refractivity (Wildman–Crippen MR) is 201 cm³/mol. The molecule has 0 atom stereocenters. The number of furan rings is 1. The van der Waals surface area contributed by atoms with E-state index in [0.29, 0.717) is 0 Å². The molecule has 2 nitrogen and oxygen atoms in total. The predicted octanol–water partition coefficient (Wildman–Crippen LogP) is 13.2. The van der Waals surface area contributed by atoms with Gasteiger partial charge in [0.05, 0.1) is 0 Å². The molecule has 6 aromatic rings. The molecule has 2 aromatic heterocycles. The molecule has 46 heavy (non-hydrogen) atoms. The van der Waals surface area contributed by atoms with Gasteiger partial charge in [0.1, 0.15) is 11.3 Å². The SMILES string of the molecule is C=C/C=C\c1oc2ccc(N(c3ccc(C4=CCCC=C4)cc3)c3ccc(-c4ccc5scc(/C=C\C=C)c5c4)cc3)cc2c1C. The summed E-state index contributed by atoms with van der Waals surface area (Å²) in [7, 11) is 0. The van der Waals surface area contributed by atoms with Crippen molar-refractivity contribution in [3.63, 3.8) is 0 Å². The van der Waals surface area contributed by atoms with Crippen LogP contribution in [-0.4, -0.2) is 0 Å². The molecule has 0 radical (unpaired) electrons. The summed E-state index contributed by atoms with van der Waals surface area (Å²) in [6.45, 7) is 9.74. The van der Waals surface area contributed by atoms with Crippen molar-refractivity contribution in [2.75, 3.05) is 4.90 Å². The Morgan fingerprint density at radius 2 is 1.41 bits per heavy atom. The lowest BCUT2D eigenvalue weighted by atomic mass is 9.99. The third-order valence-corrected chi connectivity index (χ3v) is 9.51. The van der Waals surface area contributed by atoms with Crippen molar-refractivity contribution in [3.8, 4) is 11.1 Å². The lowest BCUT2D eigenvalue weighted by Crippen LogP contribution is -2.10. The number of fused-ring (bicyclic) bond motifs is 2. The molecule has 0 N–H and O–H groups in total. The van der Waals surface area contributed by atoms with Gasteiger partial charge in [-0.3, -0.25) is 0 Å². The van der Waals surface area contributed by atoms with Gasteiger partial charge in [0.2, 0.25) is 0 Å². The number of aryl methyl sites for hydroxylation is 1. The molecule has 0 aliphatic heterocycles. The van der Waals surface area contributed by atoms with Crippen LogP contribution >= 0.6 is 11.3 Å². The highest BCUT2D eigenvalue weighted by Crippen LogP contribution is 2.40. The Hall–Kier alpha value is -5.38. The zero-order valence-corrected chi connectivity index (χ0v) is 26.8. The average molecular weight is 614 g/mol. The second kappa shape index (κ2) is 12.9. The molecular weight excluding hydrogens is 579 g/mol. The summed E-state index contributed by atoms with van der Waals surface area (Å²) >= 11 is 1.77. The number of nitrogens with zero attached hydrogens (tertiary/aromatic N) is 1. The molecule has 1 aliphatic rings. The number of thiophene rings is 1. The van der Waals surface area contributed by atoms with Crippen LogP contribution in [-0.2, 0) is 0 Å². The zero-order chi connectivity index (χ0) is 31.5. The number of benzene rings is 4. The van der Waals surface area contributed by atoms with Gasteiger partial charge < -0.3 is 9.32 Å². The van der Waals surface area contributed by atoms with Gasteiger partial charge in [0.15, 0.2) is 0 Å². The van der Waals surface area contributed by atoms with Gasteiger partial charge >= 0.3 is 0 Å². The summed E-state index contributed by atoms with van der Waals surface area (Å²) in [6.07, 6.45) is 20.6. The van der Waals surface area contributed by atoms with Crippen LogP contribution in [0.15, 0.2) is 150 Å². The maximum Gasteiger partial charge on any atom is 0.135 e. The smallest absolute Gasteiger partial charge is 0.135 e. The molecule has 0 amide bonds. The minimum atomic E-state index is 0.854. The van der Waals surface area contributed by atoms with E-state index in [1.165, 1.54) is 37.9 Å². The molecule has 224 valence electrons. The van der Waals surface area contributed by atoms with Crippen LogP contribution in [0.5, 0.6) is 0 Å². The third-order valence-electron chi connectivity index (χ3n) is 8.53. The van der Waals surface area contributed by atoms with E-state index in [2.05, 4.69) is 140 Å². The Bertz CT molecular complexity index is 2180. The number of allylic oxidation sites excluding steroid dienone is 8. The molecule has 3 heteroatoms. The minimum Gasteiger partial charge on any atom is -0.456 e. The normalized spacial score (nSPS) is 13.2. The van der Waals surface area contributed by atoms with Gasteiger partial charge in [-0.15, -0.1) is 11.3 Å². The monoisotopic (exact) mass is 613 g/mol. The van der Waals surface area contributed by atoms with Crippen LogP contribution in [0, 0.1) is 6.92 Å². The molecule has 0 saturated carbocycles. The van der Waals surface area contributed by atoms with Crippen molar-refractivity contribution in [2.24, 2.45) is 0 Å². The van der Waals surface area contributed by atoms with Crippen molar-refractivity contribution in [2.45, 2.75) is 19.8 Å². The van der Waals surface area contributed by atoms with E-state index in [0.717, 1.165) is 52.2 Å². The average Bonchev–Trinajstić information content (AvgIpc) is 3.66. The second-order valence-electron chi connectivity index (χ2n) is 11.4. The van der Waals surface area contributed by atoms with E-state index in [1.54, 1.807) is 17.4 Å². The Balaban J connectivity index is 1.29. The first-order chi connectivity index (χ1) is 22.6. The van der Waals surface area contributed by atoms with Crippen molar-refractivity contribution in [3.05, 3.63) is 168 Å². The van der Waals surface area contributed by atoms with Crippen LogP contribution < -0.4 is 4.90 Å². The van der Waals surface area contributed by atoms with Gasteiger partial charge in [-0.25, -0.2) is 0 Å².